The van der Waals surface area contributed by atoms with Crippen molar-refractivity contribution in [2.24, 2.45) is 0 Å². The van der Waals surface area contributed by atoms with Gasteiger partial charge in [0, 0.05) is 47.8 Å². The van der Waals surface area contributed by atoms with Gasteiger partial charge in [0.15, 0.2) is 0 Å². The van der Waals surface area contributed by atoms with Crippen molar-refractivity contribution < 1.29 is 69.3 Å². The molecular formula is C49H43BrO14. The predicted octanol–water partition coefficient (Wildman–Crippen LogP) is 9.70. The molecule has 0 heterocycles. The molecule has 7 aromatic rings. The normalized spacial score (nSPS) is 10.9. The Kier molecular flexibility index (Phi) is 14.1. The van der Waals surface area contributed by atoms with Crippen LogP contribution >= 0.6 is 15.9 Å². The minimum Gasteiger partial charge on any atom is -0.508 e. The average Bonchev–Trinajstić information content (AvgIpc) is 3.23. The van der Waals surface area contributed by atoms with Crippen LogP contribution in [0.2, 0.25) is 0 Å². The van der Waals surface area contributed by atoms with Crippen molar-refractivity contribution in [2.75, 3.05) is 0 Å². The van der Waals surface area contributed by atoms with Crippen LogP contribution in [0, 0.1) is 0 Å². The molecule has 0 aliphatic heterocycles. The lowest BCUT2D eigenvalue weighted by Gasteiger charge is -2.16. The summed E-state index contributed by atoms with van der Waals surface area (Å²) in [7, 11) is 0. The van der Waals surface area contributed by atoms with Crippen LogP contribution in [0.15, 0.2) is 127 Å². The number of phenolic OH excluding ortho intramolecular Hbond substituents is 8. The second-order valence-electron chi connectivity index (χ2n) is 14.7. The predicted molar refractivity (Wildman–Crippen MR) is 237 cm³/mol. The topological polar surface area (TPSA) is 217 Å². The summed E-state index contributed by atoms with van der Waals surface area (Å²) in [5, 5.41) is 80.1. The molecular weight excluding hydrogens is 892 g/mol. The zero-order chi connectivity index (χ0) is 45.2. The monoisotopic (exact) mass is 934 g/mol. The fourth-order valence-electron chi connectivity index (χ4n) is 6.59. The molecule has 0 aliphatic rings. The molecule has 0 radical (unpaired) electrons. The van der Waals surface area contributed by atoms with E-state index in [0.29, 0.717) is 73.2 Å². The molecule has 0 unspecified atom stereocenters. The van der Waals surface area contributed by atoms with Crippen LogP contribution in [0.5, 0.6) is 80.5 Å². The highest BCUT2D eigenvalue weighted by Gasteiger charge is 2.12. The molecule has 0 aromatic heterocycles. The lowest BCUT2D eigenvalue weighted by atomic mass is 10.2. The number of halogens is 1. The Bertz CT molecular complexity index is 2330. The molecule has 0 fully saturated rings. The summed E-state index contributed by atoms with van der Waals surface area (Å²) in [5.41, 5.74) is 4.32. The minimum absolute atomic E-state index is 0.0209. The number of hydrogen-bond donors (Lipinski definition) is 8. The number of benzene rings is 7. The maximum absolute atomic E-state index is 9.95. The SMILES string of the molecule is Oc1cc(O)cc(COc2cc(COc3cc(CBr)cc(OCc4cc(OCc5cc(O)cc(O)c5)cc(OCc5cc(O)cc(O)c5)c4)c3)cc(OCc3cc(O)cc(O)c3)c2)c1. The van der Waals surface area contributed by atoms with Gasteiger partial charge in [0.05, 0.1) is 0 Å². The second kappa shape index (κ2) is 20.4. The first-order valence-electron chi connectivity index (χ1n) is 19.6. The average molecular weight is 936 g/mol. The van der Waals surface area contributed by atoms with E-state index in [-0.39, 0.29) is 85.6 Å². The van der Waals surface area contributed by atoms with Gasteiger partial charge in [-0.2, -0.15) is 0 Å². The van der Waals surface area contributed by atoms with Gasteiger partial charge in [-0.25, -0.2) is 0 Å². The van der Waals surface area contributed by atoms with E-state index in [1.54, 1.807) is 42.5 Å². The van der Waals surface area contributed by atoms with Gasteiger partial charge in [-0.05, 0) is 124 Å². The molecule has 0 aliphatic carbocycles. The first-order valence-corrected chi connectivity index (χ1v) is 20.7. The fourth-order valence-corrected chi connectivity index (χ4v) is 6.92. The number of rotatable bonds is 19. The second-order valence-corrected chi connectivity index (χ2v) is 15.3. The highest BCUT2D eigenvalue weighted by molar-refractivity contribution is 9.08. The van der Waals surface area contributed by atoms with Crippen molar-refractivity contribution in [3.63, 3.8) is 0 Å². The molecule has 64 heavy (non-hydrogen) atoms. The number of phenols is 8. The maximum atomic E-state index is 9.95. The van der Waals surface area contributed by atoms with E-state index in [1.165, 1.54) is 72.8 Å². The Morgan fingerprint density at radius 3 is 0.594 bits per heavy atom. The van der Waals surface area contributed by atoms with E-state index in [4.69, 9.17) is 28.4 Å². The van der Waals surface area contributed by atoms with Crippen molar-refractivity contribution in [3.8, 4) is 80.5 Å². The summed E-state index contributed by atoms with van der Waals surface area (Å²) in [6.45, 7) is 0.235. The van der Waals surface area contributed by atoms with Crippen molar-refractivity contribution in [1.29, 1.82) is 0 Å². The van der Waals surface area contributed by atoms with Crippen LogP contribution in [0.1, 0.15) is 38.9 Å². The Labute approximate surface area is 375 Å². The van der Waals surface area contributed by atoms with Gasteiger partial charge in [0.1, 0.15) is 120 Å². The lowest BCUT2D eigenvalue weighted by molar-refractivity contribution is 0.275. The highest BCUT2D eigenvalue weighted by atomic mass is 79.9. The minimum atomic E-state index is -0.109. The van der Waals surface area contributed by atoms with E-state index in [1.807, 2.05) is 12.1 Å². The first-order chi connectivity index (χ1) is 30.8. The van der Waals surface area contributed by atoms with Gasteiger partial charge in [-0.3, -0.25) is 0 Å². The van der Waals surface area contributed by atoms with E-state index < -0.39 is 0 Å². The van der Waals surface area contributed by atoms with Crippen molar-refractivity contribution in [3.05, 3.63) is 166 Å². The summed E-state index contributed by atoms with van der Waals surface area (Å²) in [5.74, 6) is 1.75. The van der Waals surface area contributed by atoms with E-state index in [9.17, 15) is 40.9 Å². The van der Waals surface area contributed by atoms with E-state index in [0.717, 1.165) is 5.56 Å². The smallest absolute Gasteiger partial charge is 0.123 e. The van der Waals surface area contributed by atoms with Gasteiger partial charge in [0.2, 0.25) is 0 Å². The molecule has 0 atom stereocenters. The number of ether oxygens (including phenoxy) is 6. The van der Waals surface area contributed by atoms with Gasteiger partial charge in [-0.1, -0.05) is 15.9 Å². The number of alkyl halides is 1. The quantitative estimate of drug-likeness (QED) is 0.0354. The largest absolute Gasteiger partial charge is 0.508 e. The molecule has 7 aromatic carbocycles. The molecule has 0 saturated heterocycles. The lowest BCUT2D eigenvalue weighted by Crippen LogP contribution is -2.03. The molecule has 0 saturated carbocycles. The standard InChI is InChI=1S/C49H43BrO14/c50-22-29-9-44(63-27-34-11-46(59-23-30-1-36(51)15-37(52)2-30)20-47(12-34)60-24-31-3-38(53)16-39(54)4-31)19-45(10-29)64-28-35-13-48(61-25-32-5-40(55)17-41(56)6-32)21-49(14-35)62-26-33-7-42(57)18-43(58)8-33/h1-21,51-58H,22-28H2. The molecule has 0 amide bonds. The molecule has 0 bridgehead atoms. The van der Waals surface area contributed by atoms with E-state index in [2.05, 4.69) is 15.9 Å². The van der Waals surface area contributed by atoms with Crippen LogP contribution < -0.4 is 28.4 Å². The Morgan fingerprint density at radius 1 is 0.234 bits per heavy atom. The summed E-state index contributed by atoms with van der Waals surface area (Å²) in [6, 6.07) is 32.6. The van der Waals surface area contributed by atoms with Crippen LogP contribution in [-0.2, 0) is 45.0 Å². The molecule has 330 valence electrons. The van der Waals surface area contributed by atoms with Crippen molar-refractivity contribution in [2.45, 2.75) is 45.0 Å². The van der Waals surface area contributed by atoms with Crippen LogP contribution in [0.4, 0.5) is 0 Å². The first kappa shape index (κ1) is 44.3. The van der Waals surface area contributed by atoms with Crippen LogP contribution in [0.3, 0.4) is 0 Å². The molecule has 15 heteroatoms. The zero-order valence-electron chi connectivity index (χ0n) is 34.0. The van der Waals surface area contributed by atoms with Crippen LogP contribution in [-0.4, -0.2) is 40.9 Å². The van der Waals surface area contributed by atoms with Gasteiger partial charge >= 0.3 is 0 Å². The van der Waals surface area contributed by atoms with Gasteiger partial charge in [0.25, 0.3) is 0 Å². The van der Waals surface area contributed by atoms with Crippen molar-refractivity contribution >= 4 is 15.9 Å². The third kappa shape index (κ3) is 13.1. The molecule has 8 N–H and O–H groups in total. The zero-order valence-corrected chi connectivity index (χ0v) is 35.6. The number of hydrogen-bond acceptors (Lipinski definition) is 14. The summed E-state index contributed by atoms with van der Waals surface area (Å²) in [6.07, 6.45) is 0. The third-order valence-corrected chi connectivity index (χ3v) is 9.90. The molecule has 14 nitrogen and oxygen atoms in total. The fraction of sp³-hybridized carbons (Fsp3) is 0.143. The summed E-state index contributed by atoms with van der Waals surface area (Å²) >= 11 is 3.53. The van der Waals surface area contributed by atoms with Crippen molar-refractivity contribution in [1.82, 2.24) is 0 Å². The number of aromatic hydroxyl groups is 8. The third-order valence-electron chi connectivity index (χ3n) is 9.26. The Hall–Kier alpha value is -7.78. The molecule has 7 rings (SSSR count). The Morgan fingerprint density at radius 2 is 0.406 bits per heavy atom. The van der Waals surface area contributed by atoms with Gasteiger partial charge in [-0.15, -0.1) is 0 Å². The van der Waals surface area contributed by atoms with E-state index >= 15 is 0 Å². The van der Waals surface area contributed by atoms with Gasteiger partial charge < -0.3 is 69.3 Å². The highest BCUT2D eigenvalue weighted by Crippen LogP contribution is 2.32. The maximum Gasteiger partial charge on any atom is 0.123 e. The Balaban J connectivity index is 1.08. The van der Waals surface area contributed by atoms with Crippen LogP contribution in [0.25, 0.3) is 0 Å². The summed E-state index contributed by atoms with van der Waals surface area (Å²) in [4.78, 5) is 0. The summed E-state index contributed by atoms with van der Waals surface area (Å²) < 4.78 is 36.8. The molecule has 0 spiro atoms.